The smallest absolute Gasteiger partial charge is 0.241 e. The molecule has 0 aliphatic heterocycles. The first-order valence-corrected chi connectivity index (χ1v) is 7.58. The quantitative estimate of drug-likeness (QED) is 0.796. The molecule has 1 heterocycles. The van der Waals surface area contributed by atoms with Gasteiger partial charge in [0.05, 0.1) is 11.4 Å². The predicted octanol–water partition coefficient (Wildman–Crippen LogP) is 1.00. The topological polar surface area (TPSA) is 111 Å². The third-order valence-electron chi connectivity index (χ3n) is 2.79. The Labute approximate surface area is 117 Å². The van der Waals surface area contributed by atoms with Gasteiger partial charge < -0.3 is 10.3 Å². The van der Waals surface area contributed by atoms with E-state index in [1.54, 1.807) is 13.0 Å². The van der Waals surface area contributed by atoms with Crippen molar-refractivity contribution in [1.82, 2.24) is 14.9 Å². The van der Waals surface area contributed by atoms with Gasteiger partial charge in [0, 0.05) is 5.69 Å². The first-order chi connectivity index (χ1) is 9.42. The van der Waals surface area contributed by atoms with E-state index in [9.17, 15) is 8.42 Å². The molecule has 0 aliphatic carbocycles. The second-order valence-corrected chi connectivity index (χ2v) is 6.04. The number of rotatable bonds is 5. The van der Waals surface area contributed by atoms with Crippen molar-refractivity contribution in [2.75, 3.05) is 5.73 Å². The Bertz CT molecular complexity index is 709. The van der Waals surface area contributed by atoms with Crippen LogP contribution in [0.2, 0.25) is 0 Å². The summed E-state index contributed by atoms with van der Waals surface area (Å²) in [5.74, 6) is 0.667. The number of anilines is 1. The van der Waals surface area contributed by atoms with Crippen LogP contribution in [0.3, 0.4) is 0 Å². The summed E-state index contributed by atoms with van der Waals surface area (Å²) in [5, 5.41) is 3.59. The fraction of sp³-hybridized carbons (Fsp3) is 0.333. The number of benzene rings is 1. The zero-order valence-electron chi connectivity index (χ0n) is 11.3. The lowest BCUT2D eigenvalue weighted by Gasteiger charge is -2.08. The van der Waals surface area contributed by atoms with Crippen molar-refractivity contribution in [2.45, 2.75) is 31.7 Å². The molecular formula is C12H16N4O3S. The first-order valence-electron chi connectivity index (χ1n) is 6.09. The molecule has 1 aromatic carbocycles. The molecule has 0 unspecified atom stereocenters. The number of aromatic nitrogens is 2. The molecular weight excluding hydrogens is 280 g/mol. The van der Waals surface area contributed by atoms with Crippen molar-refractivity contribution < 1.29 is 12.9 Å². The Hall–Kier alpha value is -1.93. The van der Waals surface area contributed by atoms with Crippen LogP contribution in [0.1, 0.15) is 24.2 Å². The predicted molar refractivity (Wildman–Crippen MR) is 73.3 cm³/mol. The van der Waals surface area contributed by atoms with Gasteiger partial charge in [-0.15, -0.1) is 0 Å². The van der Waals surface area contributed by atoms with Gasteiger partial charge in [-0.05, 0) is 31.0 Å². The molecule has 1 aromatic heterocycles. The highest BCUT2D eigenvalue weighted by Gasteiger charge is 2.16. The number of nitrogens with zero attached hydrogens (tertiary/aromatic N) is 2. The van der Waals surface area contributed by atoms with Crippen LogP contribution in [0.5, 0.6) is 0 Å². The van der Waals surface area contributed by atoms with Crippen molar-refractivity contribution in [3.63, 3.8) is 0 Å². The summed E-state index contributed by atoms with van der Waals surface area (Å²) in [4.78, 5) is 4.04. The number of nitrogens with one attached hydrogen (secondary N) is 1. The minimum absolute atomic E-state index is 0.0569. The number of hydrogen-bond donors (Lipinski definition) is 2. The SMILES string of the molecule is CCc1ccc(S(=O)(=O)NCc2nc(C)no2)cc1N. The van der Waals surface area contributed by atoms with Crippen molar-refractivity contribution in [1.29, 1.82) is 0 Å². The highest BCUT2D eigenvalue weighted by molar-refractivity contribution is 7.89. The maximum Gasteiger partial charge on any atom is 0.241 e. The lowest BCUT2D eigenvalue weighted by Crippen LogP contribution is -2.23. The lowest BCUT2D eigenvalue weighted by molar-refractivity contribution is 0.372. The van der Waals surface area contributed by atoms with Crippen LogP contribution >= 0.6 is 0 Å². The highest BCUT2D eigenvalue weighted by Crippen LogP contribution is 2.18. The minimum Gasteiger partial charge on any atom is -0.398 e. The van der Waals surface area contributed by atoms with E-state index in [0.29, 0.717) is 11.5 Å². The Morgan fingerprint density at radius 3 is 2.70 bits per heavy atom. The van der Waals surface area contributed by atoms with Crippen LogP contribution in [-0.2, 0) is 23.0 Å². The lowest BCUT2D eigenvalue weighted by atomic mass is 10.1. The second-order valence-electron chi connectivity index (χ2n) is 4.27. The Kier molecular flexibility index (Phi) is 4.05. The molecule has 8 heteroatoms. The van der Waals surface area contributed by atoms with Crippen LogP contribution in [-0.4, -0.2) is 18.6 Å². The first kappa shape index (κ1) is 14.5. The Balaban J connectivity index is 2.15. The zero-order chi connectivity index (χ0) is 14.8. The van der Waals surface area contributed by atoms with Gasteiger partial charge in [-0.3, -0.25) is 0 Å². The van der Waals surface area contributed by atoms with Gasteiger partial charge in [0.1, 0.15) is 0 Å². The second kappa shape index (κ2) is 5.59. The van der Waals surface area contributed by atoms with Gasteiger partial charge in [0.25, 0.3) is 0 Å². The van der Waals surface area contributed by atoms with Crippen molar-refractivity contribution in [3.8, 4) is 0 Å². The van der Waals surface area contributed by atoms with E-state index in [1.807, 2.05) is 6.92 Å². The molecule has 0 amide bonds. The average molecular weight is 296 g/mol. The Morgan fingerprint density at radius 1 is 1.40 bits per heavy atom. The monoisotopic (exact) mass is 296 g/mol. The molecule has 0 radical (unpaired) electrons. The summed E-state index contributed by atoms with van der Waals surface area (Å²) in [5.41, 5.74) is 7.18. The molecule has 2 aromatic rings. The molecule has 0 atom stereocenters. The molecule has 2 rings (SSSR count). The summed E-state index contributed by atoms with van der Waals surface area (Å²) in [6.07, 6.45) is 0.751. The minimum atomic E-state index is -3.65. The fourth-order valence-electron chi connectivity index (χ4n) is 1.71. The van der Waals surface area contributed by atoms with E-state index in [-0.39, 0.29) is 17.3 Å². The van der Waals surface area contributed by atoms with Gasteiger partial charge in [0.2, 0.25) is 15.9 Å². The molecule has 7 nitrogen and oxygen atoms in total. The molecule has 0 saturated carbocycles. The van der Waals surface area contributed by atoms with Crippen LogP contribution in [0, 0.1) is 6.92 Å². The summed E-state index contributed by atoms with van der Waals surface area (Å²) in [6.45, 7) is 3.56. The molecule has 0 bridgehead atoms. The van der Waals surface area contributed by atoms with E-state index in [0.717, 1.165) is 12.0 Å². The number of aryl methyl sites for hydroxylation is 2. The van der Waals surface area contributed by atoms with Gasteiger partial charge in [0.15, 0.2) is 5.82 Å². The van der Waals surface area contributed by atoms with Crippen LogP contribution in [0.25, 0.3) is 0 Å². The summed E-state index contributed by atoms with van der Waals surface area (Å²) in [6, 6.07) is 4.68. The maximum atomic E-state index is 12.1. The van der Waals surface area contributed by atoms with Gasteiger partial charge in [-0.2, -0.15) is 4.98 Å². The average Bonchev–Trinajstić information content (AvgIpc) is 2.82. The van der Waals surface area contributed by atoms with Crippen molar-refractivity contribution >= 4 is 15.7 Å². The van der Waals surface area contributed by atoms with Gasteiger partial charge in [-0.1, -0.05) is 18.1 Å². The Morgan fingerprint density at radius 2 is 2.15 bits per heavy atom. The highest BCUT2D eigenvalue weighted by atomic mass is 32.2. The number of sulfonamides is 1. The van der Waals surface area contributed by atoms with Gasteiger partial charge >= 0.3 is 0 Å². The van der Waals surface area contributed by atoms with Gasteiger partial charge in [-0.25, -0.2) is 13.1 Å². The van der Waals surface area contributed by atoms with Crippen molar-refractivity contribution in [3.05, 3.63) is 35.5 Å². The molecule has 0 spiro atoms. The van der Waals surface area contributed by atoms with E-state index < -0.39 is 10.0 Å². The zero-order valence-corrected chi connectivity index (χ0v) is 12.1. The van der Waals surface area contributed by atoms with E-state index in [2.05, 4.69) is 14.9 Å². The normalized spacial score (nSPS) is 11.7. The van der Waals surface area contributed by atoms with Crippen LogP contribution in [0.4, 0.5) is 5.69 Å². The number of nitrogens with two attached hydrogens (primary N) is 1. The fourth-order valence-corrected chi connectivity index (χ4v) is 2.72. The molecule has 0 aliphatic rings. The third-order valence-corrected chi connectivity index (χ3v) is 4.19. The van der Waals surface area contributed by atoms with Crippen LogP contribution < -0.4 is 10.5 Å². The standard InChI is InChI=1S/C12H16N4O3S/c1-3-9-4-5-10(6-11(9)13)20(17,18)14-7-12-15-8(2)16-19-12/h4-6,14H,3,7,13H2,1-2H3. The summed E-state index contributed by atoms with van der Waals surface area (Å²) >= 11 is 0. The van der Waals surface area contributed by atoms with E-state index in [4.69, 9.17) is 10.3 Å². The summed E-state index contributed by atoms with van der Waals surface area (Å²) < 4.78 is 31.4. The third kappa shape index (κ3) is 3.14. The molecule has 20 heavy (non-hydrogen) atoms. The molecule has 0 fully saturated rings. The van der Waals surface area contributed by atoms with E-state index >= 15 is 0 Å². The number of nitrogen functional groups attached to an aromatic ring is 1. The molecule has 108 valence electrons. The van der Waals surface area contributed by atoms with E-state index in [1.165, 1.54) is 12.1 Å². The molecule has 0 saturated heterocycles. The number of hydrogen-bond acceptors (Lipinski definition) is 6. The van der Waals surface area contributed by atoms with Crippen molar-refractivity contribution in [2.24, 2.45) is 0 Å². The summed E-state index contributed by atoms with van der Waals surface area (Å²) in [7, 11) is -3.65. The molecule has 3 N–H and O–H groups in total. The maximum absolute atomic E-state index is 12.1. The van der Waals surface area contributed by atoms with Crippen LogP contribution in [0.15, 0.2) is 27.6 Å². The largest absolute Gasteiger partial charge is 0.398 e.